The minimum absolute atomic E-state index is 0.0316. The first-order chi connectivity index (χ1) is 14.3. The number of hydrogen-bond donors (Lipinski definition) is 3. The number of aryl methyl sites for hydroxylation is 2. The number of benzene rings is 2. The van der Waals surface area contributed by atoms with Gasteiger partial charge in [-0.15, -0.1) is 0 Å². The summed E-state index contributed by atoms with van der Waals surface area (Å²) in [5, 5.41) is 30.1. The average Bonchev–Trinajstić information content (AvgIpc) is 2.69. The number of ether oxygens (including phenoxy) is 3. The number of carbonyl (C=O) groups is 2. The lowest BCUT2D eigenvalue weighted by atomic mass is 10.00. The van der Waals surface area contributed by atoms with Crippen molar-refractivity contribution in [2.75, 3.05) is 14.2 Å². The first-order valence-corrected chi connectivity index (χ1v) is 9.57. The Kier molecular flexibility index (Phi) is 7.52. The molecule has 0 spiro atoms. The highest BCUT2D eigenvalue weighted by molar-refractivity contribution is 5.98. The van der Waals surface area contributed by atoms with E-state index in [-0.39, 0.29) is 28.4 Å². The van der Waals surface area contributed by atoms with Gasteiger partial charge in [0.25, 0.3) is 0 Å². The molecule has 0 radical (unpaired) electrons. The van der Waals surface area contributed by atoms with Crippen molar-refractivity contribution < 1.29 is 39.1 Å². The van der Waals surface area contributed by atoms with E-state index in [0.29, 0.717) is 36.8 Å². The third kappa shape index (κ3) is 4.59. The van der Waals surface area contributed by atoms with Gasteiger partial charge in [-0.1, -0.05) is 26.7 Å². The van der Waals surface area contributed by atoms with E-state index < -0.39 is 23.4 Å². The number of phenolic OH excluding ortho intramolecular Hbond substituents is 1. The number of aromatic hydroxyl groups is 2. The molecule has 0 aliphatic rings. The number of esters is 1. The maximum absolute atomic E-state index is 13.0. The van der Waals surface area contributed by atoms with Crippen molar-refractivity contribution >= 4 is 11.9 Å². The molecule has 0 saturated carbocycles. The van der Waals surface area contributed by atoms with E-state index in [9.17, 15) is 24.9 Å². The summed E-state index contributed by atoms with van der Waals surface area (Å²) in [5.74, 6) is -3.23. The smallest absolute Gasteiger partial charge is 0.347 e. The van der Waals surface area contributed by atoms with Crippen LogP contribution < -0.4 is 14.2 Å². The molecule has 0 heterocycles. The van der Waals surface area contributed by atoms with E-state index in [0.717, 1.165) is 0 Å². The monoisotopic (exact) mass is 418 g/mol. The van der Waals surface area contributed by atoms with Crippen LogP contribution >= 0.6 is 0 Å². The van der Waals surface area contributed by atoms with Crippen LogP contribution in [0.15, 0.2) is 18.2 Å². The molecular weight excluding hydrogens is 392 g/mol. The number of carboxylic acid groups (broad SMARTS) is 1. The minimum Gasteiger partial charge on any atom is -0.508 e. The first-order valence-electron chi connectivity index (χ1n) is 9.57. The van der Waals surface area contributed by atoms with E-state index in [1.165, 1.54) is 32.4 Å². The normalized spacial score (nSPS) is 10.5. The summed E-state index contributed by atoms with van der Waals surface area (Å²) < 4.78 is 15.9. The zero-order chi connectivity index (χ0) is 22.4. The van der Waals surface area contributed by atoms with E-state index in [1.54, 1.807) is 0 Å². The maximum atomic E-state index is 13.0. The number of aromatic carboxylic acids is 1. The van der Waals surface area contributed by atoms with Gasteiger partial charge in [-0.2, -0.15) is 0 Å². The number of hydrogen-bond acceptors (Lipinski definition) is 7. The molecule has 0 amide bonds. The van der Waals surface area contributed by atoms with E-state index in [1.807, 2.05) is 13.8 Å². The number of phenols is 2. The van der Waals surface area contributed by atoms with Gasteiger partial charge in [0, 0.05) is 6.07 Å². The van der Waals surface area contributed by atoms with Crippen molar-refractivity contribution in [3.8, 4) is 28.7 Å². The minimum atomic E-state index is -1.34. The summed E-state index contributed by atoms with van der Waals surface area (Å²) in [6.45, 7) is 3.78. The van der Waals surface area contributed by atoms with Gasteiger partial charge in [0.1, 0.15) is 22.6 Å². The van der Waals surface area contributed by atoms with E-state index in [4.69, 9.17) is 14.2 Å². The van der Waals surface area contributed by atoms with Gasteiger partial charge in [0.15, 0.2) is 11.5 Å². The fourth-order valence-electron chi connectivity index (χ4n) is 3.29. The molecule has 8 heteroatoms. The fourth-order valence-corrected chi connectivity index (χ4v) is 3.29. The summed E-state index contributed by atoms with van der Waals surface area (Å²) in [4.78, 5) is 24.7. The van der Waals surface area contributed by atoms with Crippen molar-refractivity contribution in [1.82, 2.24) is 0 Å². The molecule has 0 aliphatic heterocycles. The number of carboxylic acids is 1. The Morgan fingerprint density at radius 3 is 1.93 bits per heavy atom. The van der Waals surface area contributed by atoms with Crippen LogP contribution in [0.2, 0.25) is 0 Å². The predicted octanol–water partition coefficient (Wildman–Crippen LogP) is 3.94. The van der Waals surface area contributed by atoms with Crippen LogP contribution in [-0.2, 0) is 12.8 Å². The molecule has 0 aromatic heterocycles. The number of carbonyl (C=O) groups excluding carboxylic acids is 1. The third-order valence-electron chi connectivity index (χ3n) is 4.56. The van der Waals surface area contributed by atoms with Crippen molar-refractivity contribution in [3.05, 3.63) is 40.5 Å². The van der Waals surface area contributed by atoms with Crippen LogP contribution in [0.4, 0.5) is 0 Å². The molecule has 2 aromatic carbocycles. The summed E-state index contributed by atoms with van der Waals surface area (Å²) in [6, 6.07) is 4.16. The Hall–Kier alpha value is -3.42. The standard InChI is InChI=1S/C22H26O8/c1-5-7-12-9-14(23)11-15(28-3)17(12)22(27)30-20-16(29-4)10-13(8-6-2)18(19(20)24)21(25)26/h9-11,23-24H,5-8H2,1-4H3,(H,25,26). The maximum Gasteiger partial charge on any atom is 0.347 e. The number of rotatable bonds is 9. The second-order valence-electron chi connectivity index (χ2n) is 6.67. The van der Waals surface area contributed by atoms with Gasteiger partial charge >= 0.3 is 11.9 Å². The largest absolute Gasteiger partial charge is 0.508 e. The molecule has 0 fully saturated rings. The second-order valence-corrected chi connectivity index (χ2v) is 6.67. The van der Waals surface area contributed by atoms with Gasteiger partial charge in [0.05, 0.1) is 14.2 Å². The second kappa shape index (κ2) is 9.87. The van der Waals surface area contributed by atoms with Crippen LogP contribution in [0.5, 0.6) is 28.7 Å². The molecule has 0 atom stereocenters. The summed E-state index contributed by atoms with van der Waals surface area (Å²) >= 11 is 0. The Labute approximate surface area is 174 Å². The lowest BCUT2D eigenvalue weighted by Gasteiger charge is -2.18. The Morgan fingerprint density at radius 1 is 0.867 bits per heavy atom. The Bertz CT molecular complexity index is 949. The lowest BCUT2D eigenvalue weighted by molar-refractivity contribution is 0.0676. The highest BCUT2D eigenvalue weighted by atomic mass is 16.6. The molecule has 0 bridgehead atoms. The fraction of sp³-hybridized carbons (Fsp3) is 0.364. The summed E-state index contributed by atoms with van der Waals surface area (Å²) in [5.41, 5.74) is 0.604. The molecule has 162 valence electrons. The first kappa shape index (κ1) is 22.9. The summed E-state index contributed by atoms with van der Waals surface area (Å²) in [7, 11) is 2.67. The SMILES string of the molecule is CCCc1cc(O)cc(OC)c1C(=O)Oc1c(OC)cc(CCC)c(C(=O)O)c1O. The molecule has 30 heavy (non-hydrogen) atoms. The molecular formula is C22H26O8. The molecule has 0 aliphatic carbocycles. The topological polar surface area (TPSA) is 123 Å². The van der Waals surface area contributed by atoms with Gasteiger partial charge in [-0.3, -0.25) is 0 Å². The van der Waals surface area contributed by atoms with Crippen molar-refractivity contribution in [2.24, 2.45) is 0 Å². The Balaban J connectivity index is 2.62. The van der Waals surface area contributed by atoms with Crippen LogP contribution in [0.3, 0.4) is 0 Å². The van der Waals surface area contributed by atoms with Gasteiger partial charge < -0.3 is 29.5 Å². The number of methoxy groups -OCH3 is 2. The van der Waals surface area contributed by atoms with Crippen LogP contribution in [0.25, 0.3) is 0 Å². The molecule has 2 rings (SSSR count). The van der Waals surface area contributed by atoms with Gasteiger partial charge in [-0.05, 0) is 36.1 Å². The predicted molar refractivity (Wildman–Crippen MR) is 109 cm³/mol. The third-order valence-corrected chi connectivity index (χ3v) is 4.56. The average molecular weight is 418 g/mol. The zero-order valence-corrected chi connectivity index (χ0v) is 17.4. The van der Waals surface area contributed by atoms with E-state index in [2.05, 4.69) is 0 Å². The molecule has 0 unspecified atom stereocenters. The highest BCUT2D eigenvalue weighted by Crippen LogP contribution is 2.43. The molecule has 3 N–H and O–H groups in total. The highest BCUT2D eigenvalue weighted by Gasteiger charge is 2.28. The lowest BCUT2D eigenvalue weighted by Crippen LogP contribution is -2.15. The van der Waals surface area contributed by atoms with E-state index >= 15 is 0 Å². The molecule has 8 nitrogen and oxygen atoms in total. The van der Waals surface area contributed by atoms with Crippen LogP contribution in [0.1, 0.15) is 58.5 Å². The van der Waals surface area contributed by atoms with Gasteiger partial charge in [0.2, 0.25) is 5.75 Å². The van der Waals surface area contributed by atoms with Crippen molar-refractivity contribution in [1.29, 1.82) is 0 Å². The summed E-state index contributed by atoms with van der Waals surface area (Å²) in [6.07, 6.45) is 2.20. The van der Waals surface area contributed by atoms with Crippen molar-refractivity contribution in [3.63, 3.8) is 0 Å². The van der Waals surface area contributed by atoms with Gasteiger partial charge in [-0.25, -0.2) is 9.59 Å². The zero-order valence-electron chi connectivity index (χ0n) is 17.4. The Morgan fingerprint density at radius 2 is 1.43 bits per heavy atom. The van der Waals surface area contributed by atoms with Crippen molar-refractivity contribution in [2.45, 2.75) is 39.5 Å². The van der Waals surface area contributed by atoms with Crippen LogP contribution in [0, 0.1) is 0 Å². The van der Waals surface area contributed by atoms with Crippen LogP contribution in [-0.4, -0.2) is 41.5 Å². The quantitative estimate of drug-likeness (QED) is 0.413. The molecule has 0 saturated heterocycles. The molecule has 2 aromatic rings.